The van der Waals surface area contributed by atoms with Crippen molar-refractivity contribution >= 4 is 0 Å². The first-order chi connectivity index (χ1) is 0. The second kappa shape index (κ2) is 22.0. The fourth-order valence-electron chi connectivity index (χ4n) is 0. The molecule has 0 aromatic rings. The molecule has 0 aromatic heterocycles. The van der Waals surface area contributed by atoms with Crippen LogP contribution in [0, 0.1) is 0 Å². The predicted octanol–water partition coefficient (Wildman–Crippen LogP) is -0.126. The van der Waals surface area contributed by atoms with E-state index in [0.717, 1.165) is 0 Å². The van der Waals surface area contributed by atoms with Crippen LogP contribution in [0.3, 0.4) is 0 Å². The SMILES string of the molecule is [Cu+2].[O-2].[Ru+3].[Zn+2]. The van der Waals surface area contributed by atoms with Gasteiger partial charge in [-0.25, -0.2) is 0 Å². The van der Waals surface area contributed by atoms with Gasteiger partial charge in [0.25, 0.3) is 0 Å². The van der Waals surface area contributed by atoms with Crippen molar-refractivity contribution in [3.05, 3.63) is 0 Å². The second-order valence-electron chi connectivity index (χ2n) is 0. The molecule has 0 heterocycles. The monoisotopic (exact) mass is 245 g/mol. The van der Waals surface area contributed by atoms with E-state index in [1.165, 1.54) is 0 Å². The van der Waals surface area contributed by atoms with Crippen LogP contribution in [-0.2, 0) is 61.5 Å². The summed E-state index contributed by atoms with van der Waals surface area (Å²) in [5.74, 6) is 0. The Kier molecular flexibility index (Phi) is 236. The molecular formula is CuORuZn+5. The van der Waals surface area contributed by atoms with Crippen LogP contribution in [0.15, 0.2) is 0 Å². The Labute approximate surface area is 61.2 Å². The minimum absolute atomic E-state index is 0. The molecule has 0 atom stereocenters. The van der Waals surface area contributed by atoms with Crippen LogP contribution < -0.4 is 0 Å². The van der Waals surface area contributed by atoms with Gasteiger partial charge in [0, 0.05) is 0 Å². The molecule has 1 nitrogen and oxygen atoms in total. The molecule has 0 amide bonds. The van der Waals surface area contributed by atoms with Crippen molar-refractivity contribution in [3.8, 4) is 0 Å². The van der Waals surface area contributed by atoms with Gasteiger partial charge in [0.05, 0.1) is 0 Å². The van der Waals surface area contributed by atoms with E-state index in [2.05, 4.69) is 0 Å². The summed E-state index contributed by atoms with van der Waals surface area (Å²) < 4.78 is 0. The quantitative estimate of drug-likeness (QED) is 0.533. The molecule has 0 saturated heterocycles. The molecule has 4 heavy (non-hydrogen) atoms. The fourth-order valence-corrected chi connectivity index (χ4v) is 0. The maximum atomic E-state index is 0. The third-order valence-electron chi connectivity index (χ3n) is 0. The van der Waals surface area contributed by atoms with Crippen molar-refractivity contribution in [2.24, 2.45) is 0 Å². The van der Waals surface area contributed by atoms with E-state index in [0.29, 0.717) is 0 Å². The number of hydrogen-bond donors (Lipinski definition) is 0. The molecule has 0 spiro atoms. The van der Waals surface area contributed by atoms with Gasteiger partial charge in [0.1, 0.15) is 0 Å². The molecule has 0 rings (SSSR count). The first-order valence-electron chi connectivity index (χ1n) is 0. The molecule has 0 saturated carbocycles. The van der Waals surface area contributed by atoms with Gasteiger partial charge in [-0.1, -0.05) is 0 Å². The van der Waals surface area contributed by atoms with E-state index in [4.69, 9.17) is 0 Å². The summed E-state index contributed by atoms with van der Waals surface area (Å²) >= 11 is 0. The molecule has 0 fully saturated rings. The topological polar surface area (TPSA) is 28.5 Å². The minimum atomic E-state index is 0. The van der Waals surface area contributed by atoms with E-state index in [1.807, 2.05) is 0 Å². The first kappa shape index (κ1) is 42.9. The number of rotatable bonds is 0. The largest absolute Gasteiger partial charge is 3.00 e. The van der Waals surface area contributed by atoms with Crippen LogP contribution in [-0.4, -0.2) is 0 Å². The van der Waals surface area contributed by atoms with Crippen molar-refractivity contribution in [3.63, 3.8) is 0 Å². The summed E-state index contributed by atoms with van der Waals surface area (Å²) in [7, 11) is 0. The van der Waals surface area contributed by atoms with Crippen molar-refractivity contribution in [1.29, 1.82) is 0 Å². The molecule has 4 heteroatoms. The summed E-state index contributed by atoms with van der Waals surface area (Å²) in [5.41, 5.74) is 0. The summed E-state index contributed by atoms with van der Waals surface area (Å²) in [5, 5.41) is 0. The van der Waals surface area contributed by atoms with Gasteiger partial charge in [-0.15, -0.1) is 0 Å². The third kappa shape index (κ3) is 9.29. The Balaban J connectivity index is 0. The van der Waals surface area contributed by atoms with Gasteiger partial charge in [-0.3, -0.25) is 0 Å². The van der Waals surface area contributed by atoms with Crippen LogP contribution in [0.4, 0.5) is 0 Å². The zero-order valence-electron chi connectivity index (χ0n) is 1.77. The maximum Gasteiger partial charge on any atom is 3.00 e. The maximum absolute atomic E-state index is 0. The zero-order valence-corrected chi connectivity index (χ0v) is 7.42. The average molecular weight is 246 g/mol. The summed E-state index contributed by atoms with van der Waals surface area (Å²) in [4.78, 5) is 0. The molecule has 0 aromatic carbocycles. The Bertz CT molecular complexity index is 8.00. The molecule has 0 aliphatic carbocycles. The van der Waals surface area contributed by atoms with E-state index >= 15 is 0 Å². The molecule has 0 bridgehead atoms. The molecule has 0 N–H and O–H groups in total. The van der Waals surface area contributed by atoms with Crippen molar-refractivity contribution in [2.45, 2.75) is 0 Å². The summed E-state index contributed by atoms with van der Waals surface area (Å²) in [6.07, 6.45) is 0. The van der Waals surface area contributed by atoms with Crippen LogP contribution >= 0.6 is 0 Å². The fraction of sp³-hybridized carbons (Fsp3) is 0. The Hall–Kier alpha value is 1.73. The van der Waals surface area contributed by atoms with Crippen LogP contribution in [0.1, 0.15) is 0 Å². The molecule has 2 radical (unpaired) electrons. The van der Waals surface area contributed by atoms with E-state index in [9.17, 15) is 0 Å². The molecule has 22 valence electrons. The van der Waals surface area contributed by atoms with Gasteiger partial charge in [0.15, 0.2) is 0 Å². The Morgan fingerprint density at radius 1 is 1.00 bits per heavy atom. The van der Waals surface area contributed by atoms with Crippen LogP contribution in [0.25, 0.3) is 0 Å². The smallest absolute Gasteiger partial charge is 2.00 e. The normalized spacial score (nSPS) is 0. The second-order valence-corrected chi connectivity index (χ2v) is 0. The summed E-state index contributed by atoms with van der Waals surface area (Å²) in [6, 6.07) is 0. The summed E-state index contributed by atoms with van der Waals surface area (Å²) in [6.45, 7) is 0. The standard InChI is InChI=1S/Cu.O.Ru.Zn/q+2;-2;+3;+2. The van der Waals surface area contributed by atoms with Gasteiger partial charge >= 0.3 is 56.0 Å². The van der Waals surface area contributed by atoms with E-state index in [1.54, 1.807) is 0 Å². The van der Waals surface area contributed by atoms with Crippen molar-refractivity contribution in [1.82, 2.24) is 0 Å². The Morgan fingerprint density at radius 2 is 1.00 bits per heavy atom. The Morgan fingerprint density at radius 3 is 1.00 bits per heavy atom. The molecule has 0 unspecified atom stereocenters. The average Bonchev–Trinajstić information content (AvgIpc) is 0. The third-order valence-corrected chi connectivity index (χ3v) is 0. The predicted molar refractivity (Wildman–Crippen MR) is 0.686 cm³/mol. The minimum Gasteiger partial charge on any atom is -2.00 e. The first-order valence-corrected chi connectivity index (χ1v) is 0. The zero-order chi connectivity index (χ0) is 0. The van der Waals surface area contributed by atoms with Gasteiger partial charge < -0.3 is 5.48 Å². The molecule has 0 aliphatic heterocycles. The molecular weight excluding hydrogens is 246 g/mol. The van der Waals surface area contributed by atoms with Crippen LogP contribution in [0.5, 0.6) is 0 Å². The van der Waals surface area contributed by atoms with Crippen molar-refractivity contribution in [2.75, 3.05) is 0 Å². The molecule has 0 aliphatic rings. The van der Waals surface area contributed by atoms with E-state index in [-0.39, 0.29) is 61.5 Å². The van der Waals surface area contributed by atoms with Gasteiger partial charge in [0.2, 0.25) is 0 Å². The van der Waals surface area contributed by atoms with Crippen LogP contribution in [0.2, 0.25) is 0 Å². The van der Waals surface area contributed by atoms with Crippen molar-refractivity contribution < 1.29 is 61.5 Å². The van der Waals surface area contributed by atoms with E-state index < -0.39 is 0 Å². The van der Waals surface area contributed by atoms with Gasteiger partial charge in [-0.2, -0.15) is 0 Å². The van der Waals surface area contributed by atoms with Gasteiger partial charge in [-0.05, 0) is 0 Å². The number of hydrogen-bond acceptors (Lipinski definition) is 0.